The summed E-state index contributed by atoms with van der Waals surface area (Å²) in [5, 5.41) is 9.50. The molecule has 4 radical (unpaired) electrons. The molecule has 1 N–H and O–H groups in total. The van der Waals surface area contributed by atoms with Crippen molar-refractivity contribution in [1.82, 2.24) is 9.97 Å². The van der Waals surface area contributed by atoms with Crippen molar-refractivity contribution < 1.29 is 33.0 Å². The lowest BCUT2D eigenvalue weighted by molar-refractivity contribution is -0.143. The SMILES string of the molecule is [B]c1nc(C)oc1C(O)CC(=O)OC.[B]c1nc(C)oc1CCC(=O)OC. The first-order valence-electron chi connectivity index (χ1n) is 7.94. The molecule has 1 atom stereocenters. The van der Waals surface area contributed by atoms with Gasteiger partial charge in [-0.25, -0.2) is 9.97 Å². The lowest BCUT2D eigenvalue weighted by Crippen LogP contribution is -2.16. The molecule has 0 aliphatic heterocycles. The molecule has 0 bridgehead atoms. The smallest absolute Gasteiger partial charge is 0.308 e. The van der Waals surface area contributed by atoms with Crippen molar-refractivity contribution in [2.75, 3.05) is 14.2 Å². The number of ether oxygens (including phenoxy) is 2. The van der Waals surface area contributed by atoms with Crippen LogP contribution in [0.1, 0.15) is 42.2 Å². The number of hydrogen-bond acceptors (Lipinski definition) is 9. The first kappa shape index (κ1) is 22.5. The summed E-state index contributed by atoms with van der Waals surface area (Å²) >= 11 is 0. The third-order valence-corrected chi connectivity index (χ3v) is 3.30. The van der Waals surface area contributed by atoms with Gasteiger partial charge in [-0.05, 0) is 0 Å². The fourth-order valence-corrected chi connectivity index (χ4v) is 2.01. The van der Waals surface area contributed by atoms with Gasteiger partial charge in [0.15, 0.2) is 11.8 Å². The first-order chi connectivity index (χ1) is 12.7. The fraction of sp³-hybridized carbons (Fsp3) is 0.500. The second kappa shape index (κ2) is 10.6. The molecule has 2 heterocycles. The predicted molar refractivity (Wildman–Crippen MR) is 95.2 cm³/mol. The number of esters is 2. The third-order valence-electron chi connectivity index (χ3n) is 3.30. The Morgan fingerprint density at radius 1 is 1.04 bits per heavy atom. The minimum atomic E-state index is -1.11. The summed E-state index contributed by atoms with van der Waals surface area (Å²) in [6.07, 6.45) is -0.618. The number of aromatic nitrogens is 2. The van der Waals surface area contributed by atoms with Crippen LogP contribution in [0.2, 0.25) is 0 Å². The largest absolute Gasteiger partial charge is 0.469 e. The highest BCUT2D eigenvalue weighted by molar-refractivity contribution is 6.31. The van der Waals surface area contributed by atoms with Crippen molar-refractivity contribution in [1.29, 1.82) is 0 Å². The zero-order valence-electron chi connectivity index (χ0n) is 15.6. The van der Waals surface area contributed by atoms with Crippen LogP contribution < -0.4 is 11.2 Å². The second-order valence-corrected chi connectivity index (χ2v) is 5.40. The Hall–Kier alpha value is -2.55. The van der Waals surface area contributed by atoms with Gasteiger partial charge in [0, 0.05) is 31.5 Å². The number of hydrogen-bond donors (Lipinski definition) is 1. The minimum Gasteiger partial charge on any atom is -0.469 e. The summed E-state index contributed by atoms with van der Waals surface area (Å²) in [6, 6.07) is 0. The number of rotatable bonds is 6. The highest BCUT2D eigenvalue weighted by Gasteiger charge is 2.19. The molecule has 2 rings (SSSR count). The van der Waals surface area contributed by atoms with E-state index in [-0.39, 0.29) is 30.2 Å². The number of aryl methyl sites for hydroxylation is 3. The van der Waals surface area contributed by atoms with Gasteiger partial charge < -0.3 is 23.4 Å². The van der Waals surface area contributed by atoms with E-state index in [0.717, 1.165) is 0 Å². The topological polar surface area (TPSA) is 125 Å². The second-order valence-electron chi connectivity index (χ2n) is 5.40. The van der Waals surface area contributed by atoms with Crippen molar-refractivity contribution in [2.24, 2.45) is 0 Å². The van der Waals surface area contributed by atoms with Crippen LogP contribution in [0.3, 0.4) is 0 Å². The van der Waals surface area contributed by atoms with Gasteiger partial charge in [-0.15, -0.1) is 0 Å². The quantitative estimate of drug-likeness (QED) is 0.514. The lowest BCUT2D eigenvalue weighted by Gasteiger charge is -2.06. The van der Waals surface area contributed by atoms with E-state index < -0.39 is 12.1 Å². The van der Waals surface area contributed by atoms with Gasteiger partial charge in [0.25, 0.3) is 0 Å². The van der Waals surface area contributed by atoms with Crippen molar-refractivity contribution >= 4 is 38.8 Å². The Kier molecular flexibility index (Phi) is 8.80. The maximum absolute atomic E-state index is 10.8. The van der Waals surface area contributed by atoms with Crippen LogP contribution in [0.15, 0.2) is 8.83 Å². The molecule has 0 saturated carbocycles. The number of methoxy groups -OCH3 is 2. The Bertz CT molecular complexity index is 773. The van der Waals surface area contributed by atoms with Crippen LogP contribution in [0, 0.1) is 13.8 Å². The normalized spacial score (nSPS) is 11.3. The van der Waals surface area contributed by atoms with E-state index in [4.69, 9.17) is 24.5 Å². The Balaban J connectivity index is 0.000000271. The zero-order valence-corrected chi connectivity index (χ0v) is 15.6. The van der Waals surface area contributed by atoms with Gasteiger partial charge in [-0.3, -0.25) is 9.59 Å². The number of aliphatic hydroxyl groups is 1. The van der Waals surface area contributed by atoms with Crippen LogP contribution >= 0.6 is 0 Å². The molecule has 9 nitrogen and oxygen atoms in total. The summed E-state index contributed by atoms with van der Waals surface area (Å²) in [5.41, 5.74) is 0.445. The van der Waals surface area contributed by atoms with Gasteiger partial charge in [-0.2, -0.15) is 0 Å². The average molecular weight is 374 g/mol. The van der Waals surface area contributed by atoms with Crippen molar-refractivity contribution in [3.8, 4) is 0 Å². The van der Waals surface area contributed by atoms with Crippen LogP contribution in [0.5, 0.6) is 0 Å². The molecule has 27 heavy (non-hydrogen) atoms. The lowest BCUT2D eigenvalue weighted by atomic mass is 9.99. The minimum absolute atomic E-state index is 0.0962. The summed E-state index contributed by atoms with van der Waals surface area (Å²) < 4.78 is 19.1. The first-order valence-corrected chi connectivity index (χ1v) is 7.94. The summed E-state index contributed by atoms with van der Waals surface area (Å²) in [5.74, 6) is 0.689. The molecular weight excluding hydrogens is 354 g/mol. The highest BCUT2D eigenvalue weighted by Crippen LogP contribution is 2.15. The highest BCUT2D eigenvalue weighted by atomic mass is 16.5. The number of carbonyl (C=O) groups excluding carboxylic acids is 2. The number of carbonyl (C=O) groups is 2. The van der Waals surface area contributed by atoms with E-state index in [0.29, 0.717) is 29.6 Å². The molecular formula is C16H20B2N2O7. The van der Waals surface area contributed by atoms with Gasteiger partial charge in [0.05, 0.1) is 27.1 Å². The van der Waals surface area contributed by atoms with Crippen LogP contribution in [0.4, 0.5) is 0 Å². The molecule has 0 amide bonds. The fourth-order valence-electron chi connectivity index (χ4n) is 2.01. The van der Waals surface area contributed by atoms with Crippen LogP contribution in [-0.4, -0.2) is 56.9 Å². The zero-order chi connectivity index (χ0) is 20.6. The van der Waals surface area contributed by atoms with Crippen molar-refractivity contribution in [2.45, 2.75) is 39.2 Å². The van der Waals surface area contributed by atoms with E-state index in [1.807, 2.05) is 0 Å². The molecule has 2 aromatic heterocycles. The average Bonchev–Trinajstić information content (AvgIpc) is 3.13. The summed E-state index contributed by atoms with van der Waals surface area (Å²) in [7, 11) is 13.5. The molecule has 0 aromatic carbocycles. The molecule has 0 saturated heterocycles. The molecule has 0 aliphatic carbocycles. The van der Waals surface area contributed by atoms with Crippen LogP contribution in [0.25, 0.3) is 0 Å². The Morgan fingerprint density at radius 3 is 2.04 bits per heavy atom. The predicted octanol–water partition coefficient (Wildman–Crippen LogP) is -0.744. The van der Waals surface area contributed by atoms with Gasteiger partial charge in [-0.1, -0.05) is 0 Å². The molecule has 0 spiro atoms. The van der Waals surface area contributed by atoms with E-state index in [1.165, 1.54) is 14.2 Å². The molecule has 11 heteroatoms. The maximum atomic E-state index is 10.8. The molecule has 2 aromatic rings. The monoisotopic (exact) mass is 374 g/mol. The molecule has 0 aliphatic rings. The van der Waals surface area contributed by atoms with Gasteiger partial charge >= 0.3 is 11.9 Å². The maximum Gasteiger partial charge on any atom is 0.308 e. The van der Waals surface area contributed by atoms with Crippen LogP contribution in [-0.2, 0) is 25.5 Å². The Morgan fingerprint density at radius 2 is 1.59 bits per heavy atom. The van der Waals surface area contributed by atoms with Crippen molar-refractivity contribution in [3.05, 3.63) is 23.3 Å². The Labute approximate surface area is 159 Å². The molecule has 1 unspecified atom stereocenters. The number of nitrogens with zero attached hydrogens (tertiary/aromatic N) is 2. The molecule has 142 valence electrons. The van der Waals surface area contributed by atoms with E-state index >= 15 is 0 Å². The van der Waals surface area contributed by atoms with Crippen molar-refractivity contribution in [3.63, 3.8) is 0 Å². The van der Waals surface area contributed by atoms with E-state index in [9.17, 15) is 14.7 Å². The van der Waals surface area contributed by atoms with Gasteiger partial charge in [0.2, 0.25) is 0 Å². The molecule has 0 fully saturated rings. The number of aliphatic hydroxyl groups excluding tert-OH is 1. The standard InChI is InChI=1S/C8H10BNO4.C8H10BNO3/c1-4-10-8(9)7(14-4)5(11)3-6(12)13-2;1-5-10-8(9)6(13-5)3-4-7(11)12-2/h5,11H,3H2,1-2H3;3-4H2,1-2H3. The summed E-state index contributed by atoms with van der Waals surface area (Å²) in [6.45, 7) is 3.31. The third kappa shape index (κ3) is 7.30. The van der Waals surface area contributed by atoms with E-state index in [2.05, 4.69) is 19.4 Å². The van der Waals surface area contributed by atoms with E-state index in [1.54, 1.807) is 13.8 Å². The van der Waals surface area contributed by atoms with Gasteiger partial charge in [0.1, 0.15) is 33.3 Å². The summed E-state index contributed by atoms with van der Waals surface area (Å²) in [4.78, 5) is 29.2. The number of oxazole rings is 2.